The van der Waals surface area contributed by atoms with Crippen LogP contribution in [-0.4, -0.2) is 11.5 Å². The number of nitrogens with one attached hydrogen (secondary N) is 1. The van der Waals surface area contributed by atoms with Crippen molar-refractivity contribution in [3.63, 3.8) is 0 Å². The highest BCUT2D eigenvalue weighted by atomic mass is 16.1. The molecule has 0 unspecified atom stereocenters. The zero-order valence-electron chi connectivity index (χ0n) is 7.24. The molecule has 1 aliphatic rings. The third kappa shape index (κ3) is 1.05. The van der Waals surface area contributed by atoms with Crippen LogP contribution in [0.3, 0.4) is 0 Å². The Labute approximate surface area is 80.8 Å². The average Bonchev–Trinajstić information content (AvgIpc) is 2.23. The zero-order chi connectivity index (χ0) is 10.1. The van der Waals surface area contributed by atoms with Crippen molar-refractivity contribution in [3.05, 3.63) is 47.0 Å². The van der Waals surface area contributed by atoms with Gasteiger partial charge in [-0.25, -0.2) is 0 Å². The van der Waals surface area contributed by atoms with Gasteiger partial charge in [0.25, 0.3) is 0 Å². The van der Waals surface area contributed by atoms with E-state index < -0.39 is 0 Å². The van der Waals surface area contributed by atoms with Gasteiger partial charge in [0, 0.05) is 17.2 Å². The maximum Gasteiger partial charge on any atom is 0.187 e. The highest BCUT2D eigenvalue weighted by molar-refractivity contribution is 6.26. The van der Waals surface area contributed by atoms with E-state index in [0.29, 0.717) is 11.1 Å². The molecule has 3 heteroatoms. The summed E-state index contributed by atoms with van der Waals surface area (Å²) in [5.74, 6) is -0.201. The summed E-state index contributed by atoms with van der Waals surface area (Å²) in [7, 11) is 0. The first-order chi connectivity index (χ1) is 6.74. The van der Waals surface area contributed by atoms with Crippen LogP contribution >= 0.6 is 0 Å². The predicted molar refractivity (Wildman–Crippen MR) is 51.3 cm³/mol. The number of hydrogen-bond acceptors (Lipinski definition) is 3. The Morgan fingerprint density at radius 2 is 1.86 bits per heavy atom. The molecule has 1 N–H and O–H groups in total. The molecule has 0 spiro atoms. The third-order valence-electron chi connectivity index (χ3n) is 2.13. The Hall–Kier alpha value is -2.21. The molecule has 0 aromatic heterocycles. The summed E-state index contributed by atoms with van der Waals surface area (Å²) >= 11 is 0. The number of carbonyl (C=O) groups excluding carboxylic acids is 1. The summed E-state index contributed by atoms with van der Waals surface area (Å²) < 4.78 is 0. The van der Waals surface area contributed by atoms with Gasteiger partial charge in [0.1, 0.15) is 6.07 Å². The van der Waals surface area contributed by atoms with Crippen molar-refractivity contribution < 1.29 is 4.79 Å². The lowest BCUT2D eigenvalue weighted by atomic mass is 9.90. The lowest BCUT2D eigenvalue weighted by Gasteiger charge is -2.12. The first-order valence-electron chi connectivity index (χ1n) is 4.08. The Morgan fingerprint density at radius 3 is 2.50 bits per heavy atom. The molecule has 1 aromatic carbocycles. The van der Waals surface area contributed by atoms with E-state index in [1.807, 2.05) is 6.07 Å². The summed E-state index contributed by atoms with van der Waals surface area (Å²) in [5.41, 5.74) is 1.30. The molecule has 0 atom stereocenters. The molecule has 3 nitrogen and oxygen atoms in total. The fraction of sp³-hybridized carbons (Fsp3) is 0. The van der Waals surface area contributed by atoms with Crippen LogP contribution < -0.4 is 0 Å². The third-order valence-corrected chi connectivity index (χ3v) is 2.13. The van der Waals surface area contributed by atoms with Gasteiger partial charge in [0.05, 0.1) is 11.3 Å². The van der Waals surface area contributed by atoms with E-state index >= 15 is 0 Å². The normalized spacial score (nSPS) is 14.4. The molecule has 0 bridgehead atoms. The van der Waals surface area contributed by atoms with E-state index in [-0.39, 0.29) is 17.1 Å². The van der Waals surface area contributed by atoms with Gasteiger partial charge >= 0.3 is 0 Å². The second kappa shape index (κ2) is 2.93. The number of allylic oxidation sites excluding steroid dienone is 2. The molecule has 0 saturated carbocycles. The van der Waals surface area contributed by atoms with Crippen molar-refractivity contribution in [3.8, 4) is 6.07 Å². The molecule has 0 fully saturated rings. The van der Waals surface area contributed by atoms with Crippen LogP contribution in [0.15, 0.2) is 35.9 Å². The average molecular weight is 182 g/mol. The molecular formula is C11H6N2O. The summed E-state index contributed by atoms with van der Waals surface area (Å²) in [6, 6.07) is 8.68. The summed E-state index contributed by atoms with van der Waals surface area (Å²) in [6.07, 6.45) is 1.21. The standard InChI is InChI=1S/C11H6N2O/c12-6-7-5-10(14)8-3-1-2-4-9(8)11(7)13/h1-5,13H. The van der Waals surface area contributed by atoms with Gasteiger partial charge in [0.2, 0.25) is 0 Å². The van der Waals surface area contributed by atoms with Crippen molar-refractivity contribution in [2.75, 3.05) is 0 Å². The molecule has 0 saturated heterocycles. The van der Waals surface area contributed by atoms with Gasteiger partial charge in [0.15, 0.2) is 5.78 Å². The maximum absolute atomic E-state index is 11.5. The number of nitrogens with zero attached hydrogens (tertiary/aromatic N) is 1. The highest BCUT2D eigenvalue weighted by Crippen LogP contribution is 2.20. The molecule has 1 aromatic rings. The molecule has 2 rings (SSSR count). The molecule has 1 aliphatic carbocycles. The Bertz CT molecular complexity index is 506. The van der Waals surface area contributed by atoms with Crippen molar-refractivity contribution in [2.45, 2.75) is 0 Å². The van der Waals surface area contributed by atoms with Gasteiger partial charge in [-0.15, -0.1) is 0 Å². The summed E-state index contributed by atoms with van der Waals surface area (Å²) in [4.78, 5) is 11.5. The number of carbonyl (C=O) groups is 1. The number of rotatable bonds is 0. The van der Waals surface area contributed by atoms with E-state index in [4.69, 9.17) is 10.7 Å². The minimum Gasteiger partial charge on any atom is -0.299 e. The molecule has 0 radical (unpaired) electrons. The van der Waals surface area contributed by atoms with Crippen molar-refractivity contribution >= 4 is 11.5 Å². The van der Waals surface area contributed by atoms with E-state index in [0.717, 1.165) is 0 Å². The largest absolute Gasteiger partial charge is 0.299 e. The van der Waals surface area contributed by atoms with E-state index in [9.17, 15) is 4.79 Å². The Balaban J connectivity index is 2.68. The number of ketones is 1. The minimum atomic E-state index is -0.201. The second-order valence-corrected chi connectivity index (χ2v) is 2.95. The molecule has 0 amide bonds. The van der Waals surface area contributed by atoms with Gasteiger partial charge in [-0.3, -0.25) is 10.2 Å². The van der Waals surface area contributed by atoms with Gasteiger partial charge in [-0.05, 0) is 0 Å². The smallest absolute Gasteiger partial charge is 0.187 e. The molecular weight excluding hydrogens is 176 g/mol. The zero-order valence-corrected chi connectivity index (χ0v) is 7.24. The molecule has 14 heavy (non-hydrogen) atoms. The minimum absolute atomic E-state index is 0.128. The molecule has 66 valence electrons. The van der Waals surface area contributed by atoms with Crippen LogP contribution in [0, 0.1) is 16.7 Å². The van der Waals surface area contributed by atoms with E-state index in [1.165, 1.54) is 6.08 Å². The van der Waals surface area contributed by atoms with Crippen LogP contribution in [0.5, 0.6) is 0 Å². The lowest BCUT2D eigenvalue weighted by molar-refractivity contribution is 0.104. The molecule has 0 heterocycles. The first kappa shape index (κ1) is 8.39. The fourth-order valence-electron chi connectivity index (χ4n) is 1.43. The summed E-state index contributed by atoms with van der Waals surface area (Å²) in [6.45, 7) is 0. The van der Waals surface area contributed by atoms with Crippen LogP contribution in [0.25, 0.3) is 0 Å². The van der Waals surface area contributed by atoms with Crippen LogP contribution in [0.2, 0.25) is 0 Å². The SMILES string of the molecule is N#CC1=CC(=O)c2ccccc2C1=N. The van der Waals surface area contributed by atoms with Crippen LogP contribution in [0.4, 0.5) is 0 Å². The summed E-state index contributed by atoms with van der Waals surface area (Å²) in [5, 5.41) is 16.4. The quantitative estimate of drug-likeness (QED) is 0.663. The maximum atomic E-state index is 11.5. The van der Waals surface area contributed by atoms with Crippen LogP contribution in [0.1, 0.15) is 15.9 Å². The van der Waals surface area contributed by atoms with E-state index in [2.05, 4.69) is 0 Å². The monoisotopic (exact) mass is 182 g/mol. The number of fused-ring (bicyclic) bond motifs is 1. The predicted octanol–water partition coefficient (Wildman–Crippen LogP) is 1.70. The van der Waals surface area contributed by atoms with Crippen molar-refractivity contribution in [1.82, 2.24) is 0 Å². The highest BCUT2D eigenvalue weighted by Gasteiger charge is 2.21. The lowest BCUT2D eigenvalue weighted by Crippen LogP contribution is -2.15. The topological polar surface area (TPSA) is 64.7 Å². The second-order valence-electron chi connectivity index (χ2n) is 2.95. The number of hydrogen-bond donors (Lipinski definition) is 1. The van der Waals surface area contributed by atoms with Gasteiger partial charge in [-0.2, -0.15) is 5.26 Å². The Morgan fingerprint density at radius 1 is 1.21 bits per heavy atom. The van der Waals surface area contributed by atoms with Gasteiger partial charge in [-0.1, -0.05) is 24.3 Å². The number of nitriles is 1. The van der Waals surface area contributed by atoms with Crippen LogP contribution in [-0.2, 0) is 0 Å². The van der Waals surface area contributed by atoms with E-state index in [1.54, 1.807) is 24.3 Å². The molecule has 0 aliphatic heterocycles. The van der Waals surface area contributed by atoms with Crippen molar-refractivity contribution in [2.24, 2.45) is 0 Å². The van der Waals surface area contributed by atoms with Crippen molar-refractivity contribution in [1.29, 1.82) is 10.7 Å². The fourth-order valence-corrected chi connectivity index (χ4v) is 1.43. The first-order valence-corrected chi connectivity index (χ1v) is 4.08. The Kier molecular flexibility index (Phi) is 1.76. The number of benzene rings is 1. The van der Waals surface area contributed by atoms with Gasteiger partial charge < -0.3 is 0 Å².